The van der Waals surface area contributed by atoms with E-state index in [1.165, 1.54) is 38.9 Å². The van der Waals surface area contributed by atoms with Crippen molar-refractivity contribution in [3.63, 3.8) is 0 Å². The molecule has 0 saturated heterocycles. The Labute approximate surface area is 332 Å². The first-order valence-corrected chi connectivity index (χ1v) is 19.8. The van der Waals surface area contributed by atoms with Gasteiger partial charge in [-0.3, -0.25) is 0 Å². The summed E-state index contributed by atoms with van der Waals surface area (Å²) in [7, 11) is 0. The van der Waals surface area contributed by atoms with Gasteiger partial charge in [0, 0.05) is 8.95 Å². The second-order valence-electron chi connectivity index (χ2n) is 16.0. The van der Waals surface area contributed by atoms with Gasteiger partial charge in [0.05, 0.1) is 5.69 Å². The summed E-state index contributed by atoms with van der Waals surface area (Å²) >= 11 is 7.51. The maximum absolute atomic E-state index is 6.44. The van der Waals surface area contributed by atoms with Crippen molar-refractivity contribution in [2.75, 3.05) is 5.73 Å². The van der Waals surface area contributed by atoms with E-state index < -0.39 is 0 Å². The van der Waals surface area contributed by atoms with Crippen molar-refractivity contribution in [3.8, 4) is 66.8 Å². The smallest absolute Gasteiger partial charge is 0.0603 e. The minimum absolute atomic E-state index is 0.115. The number of nitrogens with two attached hydrogens (primary N) is 1. The van der Waals surface area contributed by atoms with Crippen LogP contribution in [0.2, 0.25) is 0 Å². The van der Waals surface area contributed by atoms with Crippen LogP contribution < -0.4 is 5.73 Å². The van der Waals surface area contributed by atoms with Crippen LogP contribution in [-0.2, 0) is 10.8 Å². The first-order valence-electron chi connectivity index (χ1n) is 18.2. The highest BCUT2D eigenvalue weighted by molar-refractivity contribution is 9.11. The molecule has 0 bridgehead atoms. The third kappa shape index (κ3) is 7.84. The first kappa shape index (κ1) is 36.6. The molecular weight excluding hydrogens is 774 g/mol. The predicted molar refractivity (Wildman–Crippen MR) is 236 cm³/mol. The highest BCUT2D eigenvalue weighted by Gasteiger charge is 2.20. The van der Waals surface area contributed by atoms with E-state index in [9.17, 15) is 0 Å². The quantitative estimate of drug-likeness (QED) is 0.166. The van der Waals surface area contributed by atoms with Crippen LogP contribution >= 0.6 is 31.9 Å². The average molecular weight is 820 g/mol. The van der Waals surface area contributed by atoms with Crippen LogP contribution in [0.4, 0.5) is 5.69 Å². The van der Waals surface area contributed by atoms with Crippen molar-refractivity contribution >= 4 is 37.5 Å². The molecule has 0 atom stereocenters. The van der Waals surface area contributed by atoms with Crippen molar-refractivity contribution in [1.29, 1.82) is 0 Å². The van der Waals surface area contributed by atoms with Gasteiger partial charge in [-0.25, -0.2) is 0 Å². The van der Waals surface area contributed by atoms with Crippen LogP contribution in [0.15, 0.2) is 161 Å². The van der Waals surface area contributed by atoms with E-state index in [-0.39, 0.29) is 10.8 Å². The number of nitrogen functional groups attached to an aromatic ring is 1. The second-order valence-corrected chi connectivity index (χ2v) is 17.7. The van der Waals surface area contributed by atoms with Crippen LogP contribution in [0, 0.1) is 0 Å². The number of anilines is 1. The maximum Gasteiger partial charge on any atom is 0.0603 e. The van der Waals surface area contributed by atoms with Gasteiger partial charge in [-0.1, -0.05) is 169 Å². The summed E-state index contributed by atoms with van der Waals surface area (Å²) in [6.45, 7) is 13.5. The molecule has 0 aliphatic heterocycles. The normalized spacial score (nSPS) is 11.8. The Morgan fingerprint density at radius 2 is 0.679 bits per heavy atom. The number of rotatable bonds is 6. The fraction of sp³-hybridized carbons (Fsp3) is 0.160. The molecule has 0 aliphatic carbocycles. The van der Waals surface area contributed by atoms with E-state index in [2.05, 4.69) is 225 Å². The van der Waals surface area contributed by atoms with Crippen molar-refractivity contribution in [1.82, 2.24) is 0 Å². The fourth-order valence-electron chi connectivity index (χ4n) is 6.94. The standard InChI is InChI=1S/C50H45Br2N/c1-49(2,3)41-24-20-35(21-25-41)33-12-16-37(17-13-33)43-28-39(32-10-8-7-9-11-32)29-44(47(43)40-30-45(51)48(53)46(52)31-40)38-18-14-34(15-19-38)36-22-26-42(27-23-36)50(4,5)6/h7-31H,53H2,1-6H3. The Bertz CT molecular complexity index is 2230. The van der Waals surface area contributed by atoms with E-state index in [0.717, 1.165) is 47.9 Å². The van der Waals surface area contributed by atoms with Crippen molar-refractivity contribution in [2.24, 2.45) is 0 Å². The Hall–Kier alpha value is -4.70. The first-order chi connectivity index (χ1) is 25.3. The molecule has 0 heterocycles. The predicted octanol–water partition coefficient (Wildman–Crippen LogP) is 15.4. The van der Waals surface area contributed by atoms with Crippen molar-refractivity contribution < 1.29 is 0 Å². The Morgan fingerprint density at radius 3 is 1.04 bits per heavy atom. The van der Waals surface area contributed by atoms with Gasteiger partial charge in [-0.05, 0) is 145 Å². The summed E-state index contributed by atoms with van der Waals surface area (Å²) in [4.78, 5) is 0. The summed E-state index contributed by atoms with van der Waals surface area (Å²) < 4.78 is 1.71. The maximum atomic E-state index is 6.44. The van der Waals surface area contributed by atoms with E-state index in [1.807, 2.05) is 0 Å². The molecule has 1 nitrogen and oxygen atoms in total. The van der Waals surface area contributed by atoms with Crippen LogP contribution in [-0.4, -0.2) is 0 Å². The van der Waals surface area contributed by atoms with Gasteiger partial charge in [0.15, 0.2) is 0 Å². The van der Waals surface area contributed by atoms with Gasteiger partial charge in [0.1, 0.15) is 0 Å². The molecule has 0 amide bonds. The molecule has 0 radical (unpaired) electrons. The van der Waals surface area contributed by atoms with Crippen LogP contribution in [0.1, 0.15) is 52.7 Å². The number of hydrogen-bond acceptors (Lipinski definition) is 1. The highest BCUT2D eigenvalue weighted by Crippen LogP contribution is 2.46. The molecular formula is C50H45Br2N. The van der Waals surface area contributed by atoms with Gasteiger partial charge in [-0.2, -0.15) is 0 Å². The number of benzene rings is 7. The van der Waals surface area contributed by atoms with E-state index >= 15 is 0 Å². The highest BCUT2D eigenvalue weighted by atomic mass is 79.9. The molecule has 264 valence electrons. The zero-order valence-electron chi connectivity index (χ0n) is 31.3. The molecule has 7 aromatic carbocycles. The molecule has 0 spiro atoms. The number of halogens is 2. The lowest BCUT2D eigenvalue weighted by Gasteiger charge is -2.21. The SMILES string of the molecule is CC(C)(C)c1ccc(-c2ccc(-c3cc(-c4ccccc4)cc(-c4ccc(-c5ccc(C(C)(C)C)cc5)cc4)c3-c3cc(Br)c(N)c(Br)c3)cc2)cc1. The van der Waals surface area contributed by atoms with Gasteiger partial charge in [-0.15, -0.1) is 0 Å². The second kappa shape index (κ2) is 14.6. The monoisotopic (exact) mass is 817 g/mol. The van der Waals surface area contributed by atoms with Crippen LogP contribution in [0.3, 0.4) is 0 Å². The molecule has 53 heavy (non-hydrogen) atoms. The molecule has 0 aromatic heterocycles. The Balaban J connectivity index is 1.40. The molecule has 2 N–H and O–H groups in total. The molecule has 0 unspecified atom stereocenters. The molecule has 0 saturated carbocycles. The van der Waals surface area contributed by atoms with E-state index in [4.69, 9.17) is 5.73 Å². The molecule has 3 heteroatoms. The zero-order chi connectivity index (χ0) is 37.5. The number of hydrogen-bond donors (Lipinski definition) is 1. The minimum Gasteiger partial charge on any atom is -0.397 e. The summed E-state index contributed by atoms with van der Waals surface area (Å²) in [5.41, 5.74) is 24.0. The topological polar surface area (TPSA) is 26.0 Å². The molecule has 0 fully saturated rings. The lowest BCUT2D eigenvalue weighted by molar-refractivity contribution is 0.590. The van der Waals surface area contributed by atoms with Crippen molar-refractivity contribution in [2.45, 2.75) is 52.4 Å². The van der Waals surface area contributed by atoms with Crippen molar-refractivity contribution in [3.05, 3.63) is 172 Å². The minimum atomic E-state index is 0.115. The summed E-state index contributed by atoms with van der Waals surface area (Å²) in [6, 6.07) is 55.6. The van der Waals surface area contributed by atoms with E-state index in [1.54, 1.807) is 0 Å². The Kier molecular flexibility index (Phi) is 10.1. The van der Waals surface area contributed by atoms with Gasteiger partial charge in [0.25, 0.3) is 0 Å². The lowest BCUT2D eigenvalue weighted by Crippen LogP contribution is -2.10. The van der Waals surface area contributed by atoms with Gasteiger partial charge >= 0.3 is 0 Å². The molecule has 7 aromatic rings. The van der Waals surface area contributed by atoms with Crippen LogP contribution in [0.25, 0.3) is 66.8 Å². The third-order valence-corrected chi connectivity index (χ3v) is 11.5. The molecule has 0 aliphatic rings. The van der Waals surface area contributed by atoms with Crippen LogP contribution in [0.5, 0.6) is 0 Å². The Morgan fingerprint density at radius 1 is 0.358 bits per heavy atom. The van der Waals surface area contributed by atoms with Gasteiger partial charge in [0.2, 0.25) is 0 Å². The average Bonchev–Trinajstić information content (AvgIpc) is 3.16. The molecule has 7 rings (SSSR count). The fourth-order valence-corrected chi connectivity index (χ4v) is 8.13. The van der Waals surface area contributed by atoms with Gasteiger partial charge < -0.3 is 5.73 Å². The third-order valence-electron chi connectivity index (χ3n) is 10.2. The summed E-state index contributed by atoms with van der Waals surface area (Å²) in [5.74, 6) is 0. The largest absolute Gasteiger partial charge is 0.397 e. The lowest BCUT2D eigenvalue weighted by atomic mass is 9.83. The van der Waals surface area contributed by atoms with E-state index in [0.29, 0.717) is 5.69 Å². The summed E-state index contributed by atoms with van der Waals surface area (Å²) in [5, 5.41) is 0. The summed E-state index contributed by atoms with van der Waals surface area (Å²) in [6.07, 6.45) is 0. The zero-order valence-corrected chi connectivity index (χ0v) is 34.4.